The largest absolute Gasteiger partial charge is 0.383 e. The van der Waals surface area contributed by atoms with Gasteiger partial charge in [-0.05, 0) is 56.8 Å². The van der Waals surface area contributed by atoms with E-state index in [2.05, 4.69) is 15.4 Å². The predicted octanol–water partition coefficient (Wildman–Crippen LogP) is 0.936. The quantitative estimate of drug-likeness (QED) is 0.661. The lowest BCUT2D eigenvalue weighted by Gasteiger charge is -2.36. The molecule has 0 aliphatic carbocycles. The number of hydrogen-bond donors (Lipinski definition) is 3. The molecule has 0 aromatic carbocycles. The van der Waals surface area contributed by atoms with Crippen LogP contribution in [0.25, 0.3) is 0 Å². The van der Waals surface area contributed by atoms with Gasteiger partial charge in [0.25, 0.3) is 0 Å². The van der Waals surface area contributed by atoms with Crippen molar-refractivity contribution in [1.29, 1.82) is 0 Å². The lowest BCUT2D eigenvalue weighted by molar-refractivity contribution is 0.397. The number of rotatable bonds is 4. The molecule has 0 bridgehead atoms. The summed E-state index contributed by atoms with van der Waals surface area (Å²) in [4.78, 5) is -0.0893. The summed E-state index contributed by atoms with van der Waals surface area (Å²) in [7, 11) is -7.58. The fraction of sp³-hybridized carbons (Fsp3) is 0.750. The van der Waals surface area contributed by atoms with Gasteiger partial charge in [0.15, 0.2) is 9.84 Å². The maximum absolute atomic E-state index is 13.1. The van der Waals surface area contributed by atoms with Crippen LogP contribution in [-0.2, 0) is 19.9 Å². The molecular weight excluding hydrogens is 362 g/mol. The Kier molecular flexibility index (Phi) is 5.30. The van der Waals surface area contributed by atoms with Crippen molar-refractivity contribution in [1.82, 2.24) is 15.4 Å². The molecule has 3 aliphatic rings. The molecule has 25 heavy (non-hydrogen) atoms. The summed E-state index contributed by atoms with van der Waals surface area (Å²) in [5.74, 6) is 0.354. The zero-order valence-corrected chi connectivity index (χ0v) is 16.3. The Morgan fingerprint density at radius 3 is 2.68 bits per heavy atom. The van der Waals surface area contributed by atoms with E-state index in [9.17, 15) is 16.8 Å². The first-order chi connectivity index (χ1) is 11.7. The van der Waals surface area contributed by atoms with Crippen LogP contribution in [0.4, 0.5) is 0 Å². The number of hydrogen-bond acceptors (Lipinski definition) is 6. The van der Waals surface area contributed by atoms with Crippen molar-refractivity contribution in [2.24, 2.45) is 5.92 Å². The van der Waals surface area contributed by atoms with Gasteiger partial charge in [-0.1, -0.05) is 13.8 Å². The monoisotopic (exact) mass is 389 g/mol. The van der Waals surface area contributed by atoms with Gasteiger partial charge in [0.1, 0.15) is 10.3 Å². The van der Waals surface area contributed by atoms with Crippen LogP contribution in [0, 0.1) is 5.92 Å². The van der Waals surface area contributed by atoms with Crippen LogP contribution in [0.15, 0.2) is 22.1 Å². The maximum Gasteiger partial charge on any atom is 0.240 e. The molecule has 0 spiro atoms. The van der Waals surface area contributed by atoms with Gasteiger partial charge in [0, 0.05) is 6.04 Å². The van der Waals surface area contributed by atoms with Crippen molar-refractivity contribution >= 4 is 19.9 Å². The number of dihydropyridines is 1. The van der Waals surface area contributed by atoms with Crippen LogP contribution in [0.1, 0.15) is 46.0 Å². The second kappa shape index (κ2) is 7.02. The van der Waals surface area contributed by atoms with Gasteiger partial charge in [-0.15, -0.1) is 0 Å². The Morgan fingerprint density at radius 2 is 2.04 bits per heavy atom. The highest BCUT2D eigenvalue weighted by molar-refractivity contribution is 7.98. The van der Waals surface area contributed by atoms with Gasteiger partial charge in [0.2, 0.25) is 10.0 Å². The SMILES string of the molecule is CC(C)CC1CC2NC=CC(S(=O)(=O)C3CCCCN3)=C2S(=O)(=O)N1. The van der Waals surface area contributed by atoms with Gasteiger partial charge in [-0.2, -0.15) is 0 Å². The number of sulfone groups is 1. The average molecular weight is 390 g/mol. The lowest BCUT2D eigenvalue weighted by Crippen LogP contribution is -2.52. The first-order valence-corrected chi connectivity index (χ1v) is 11.9. The topological polar surface area (TPSA) is 104 Å². The second-order valence-electron chi connectivity index (χ2n) is 7.45. The average Bonchev–Trinajstić information content (AvgIpc) is 2.53. The van der Waals surface area contributed by atoms with E-state index in [1.54, 1.807) is 6.20 Å². The van der Waals surface area contributed by atoms with Crippen molar-refractivity contribution in [3.8, 4) is 0 Å². The smallest absolute Gasteiger partial charge is 0.240 e. The minimum atomic E-state index is -3.84. The zero-order chi connectivity index (χ0) is 18.2. The van der Waals surface area contributed by atoms with Crippen molar-refractivity contribution < 1.29 is 16.8 Å². The number of fused-ring (bicyclic) bond motifs is 1. The molecule has 2 fully saturated rings. The highest BCUT2D eigenvalue weighted by Crippen LogP contribution is 2.34. The Hall–Kier alpha value is -0.900. The van der Waals surface area contributed by atoms with E-state index in [0.29, 0.717) is 25.3 Å². The molecule has 0 aromatic heterocycles. The molecule has 3 N–H and O–H groups in total. The fourth-order valence-corrected chi connectivity index (χ4v) is 7.97. The first kappa shape index (κ1) is 18.9. The minimum absolute atomic E-state index is 0.0256. The van der Waals surface area contributed by atoms with E-state index >= 15 is 0 Å². The summed E-state index contributed by atoms with van der Waals surface area (Å²) in [6.45, 7) is 4.72. The minimum Gasteiger partial charge on any atom is -0.383 e. The molecule has 3 rings (SSSR count). The standard InChI is InChI=1S/C16H27N3O4S2/c1-11(2)9-12-10-13-16(25(22,23)19-12)14(6-8-17-13)24(20,21)15-5-3-4-7-18-15/h6,8,11-13,15,17-19H,3-5,7,9-10H2,1-2H3. The molecule has 0 saturated carbocycles. The Bertz CT molecular complexity index is 778. The molecule has 142 valence electrons. The van der Waals surface area contributed by atoms with E-state index in [1.165, 1.54) is 6.08 Å². The van der Waals surface area contributed by atoms with Crippen LogP contribution >= 0.6 is 0 Å². The molecule has 9 heteroatoms. The molecule has 0 amide bonds. The third-order valence-electron chi connectivity index (χ3n) is 4.93. The summed E-state index contributed by atoms with van der Waals surface area (Å²) in [5.41, 5.74) is 0. The van der Waals surface area contributed by atoms with Gasteiger partial charge in [0.05, 0.1) is 10.9 Å². The third-order valence-corrected chi connectivity index (χ3v) is 8.90. The normalized spacial score (nSPS) is 32.4. The van der Waals surface area contributed by atoms with Crippen molar-refractivity contribution in [3.05, 3.63) is 22.1 Å². The van der Waals surface area contributed by atoms with Crippen molar-refractivity contribution in [3.63, 3.8) is 0 Å². The molecule has 0 aromatic rings. The van der Waals surface area contributed by atoms with Crippen LogP contribution in [0.2, 0.25) is 0 Å². The van der Waals surface area contributed by atoms with Gasteiger partial charge in [-0.3, -0.25) is 0 Å². The summed E-state index contributed by atoms with van der Waals surface area (Å²) in [6.07, 6.45) is 6.50. The summed E-state index contributed by atoms with van der Waals surface area (Å²) >= 11 is 0. The highest BCUT2D eigenvalue weighted by Gasteiger charge is 2.43. The molecule has 0 radical (unpaired) electrons. The Labute approximate surface area is 150 Å². The lowest BCUT2D eigenvalue weighted by atomic mass is 9.97. The van der Waals surface area contributed by atoms with E-state index in [0.717, 1.165) is 19.3 Å². The van der Waals surface area contributed by atoms with Gasteiger partial charge in [-0.25, -0.2) is 21.6 Å². The molecule has 7 nitrogen and oxygen atoms in total. The molecule has 3 aliphatic heterocycles. The Balaban J connectivity index is 1.99. The zero-order valence-electron chi connectivity index (χ0n) is 14.7. The van der Waals surface area contributed by atoms with E-state index in [-0.39, 0.29) is 15.9 Å². The van der Waals surface area contributed by atoms with Crippen LogP contribution < -0.4 is 15.4 Å². The van der Waals surface area contributed by atoms with E-state index < -0.39 is 31.3 Å². The molecular formula is C16H27N3O4S2. The maximum atomic E-state index is 13.1. The van der Waals surface area contributed by atoms with Gasteiger partial charge >= 0.3 is 0 Å². The van der Waals surface area contributed by atoms with Crippen molar-refractivity contribution in [2.45, 2.75) is 63.4 Å². The summed E-state index contributed by atoms with van der Waals surface area (Å²) in [5, 5.41) is 5.35. The summed E-state index contributed by atoms with van der Waals surface area (Å²) in [6, 6.07) is -0.678. The van der Waals surface area contributed by atoms with Crippen LogP contribution in [-0.4, -0.2) is 40.8 Å². The highest BCUT2D eigenvalue weighted by atomic mass is 32.2. The van der Waals surface area contributed by atoms with E-state index in [4.69, 9.17) is 0 Å². The van der Waals surface area contributed by atoms with Crippen molar-refractivity contribution in [2.75, 3.05) is 6.54 Å². The molecule has 2 saturated heterocycles. The van der Waals surface area contributed by atoms with Crippen LogP contribution in [0.5, 0.6) is 0 Å². The number of piperidine rings is 1. The summed E-state index contributed by atoms with van der Waals surface area (Å²) < 4.78 is 54.4. The molecule has 3 unspecified atom stereocenters. The first-order valence-electron chi connectivity index (χ1n) is 8.88. The van der Waals surface area contributed by atoms with Crippen LogP contribution in [0.3, 0.4) is 0 Å². The third kappa shape index (κ3) is 3.79. The molecule has 3 atom stereocenters. The number of allylic oxidation sites excluding steroid dienone is 1. The predicted molar refractivity (Wildman–Crippen MR) is 97.6 cm³/mol. The van der Waals surface area contributed by atoms with E-state index in [1.807, 2.05) is 13.8 Å². The number of nitrogens with one attached hydrogen (secondary N) is 3. The Morgan fingerprint density at radius 1 is 1.28 bits per heavy atom. The number of sulfonamides is 1. The fourth-order valence-electron chi connectivity index (χ4n) is 3.87. The van der Waals surface area contributed by atoms with Gasteiger partial charge < -0.3 is 10.6 Å². The molecule has 3 heterocycles. The second-order valence-corrected chi connectivity index (χ2v) is 11.2.